The Morgan fingerprint density at radius 1 is 1.57 bits per heavy atom. The zero-order valence-electron chi connectivity index (χ0n) is 9.08. The maximum Gasteiger partial charge on any atom is 0.0492 e. The van der Waals surface area contributed by atoms with Gasteiger partial charge in [-0.3, -0.25) is 4.68 Å². The van der Waals surface area contributed by atoms with Crippen molar-refractivity contribution < 1.29 is 0 Å². The Balaban J connectivity index is 1.66. The molecule has 0 bridgehead atoms. The molecule has 0 unspecified atom stereocenters. The van der Waals surface area contributed by atoms with Crippen LogP contribution in [0.25, 0.3) is 0 Å². The summed E-state index contributed by atoms with van der Waals surface area (Å²) >= 11 is 0. The lowest BCUT2D eigenvalue weighted by atomic mass is 10.1. The first-order valence-corrected chi connectivity index (χ1v) is 5.37. The summed E-state index contributed by atoms with van der Waals surface area (Å²) in [6.45, 7) is 4.59. The maximum atomic E-state index is 4.15. The molecule has 14 heavy (non-hydrogen) atoms. The maximum absolute atomic E-state index is 4.15. The molecule has 0 aromatic carbocycles. The van der Waals surface area contributed by atoms with E-state index in [-0.39, 0.29) is 0 Å². The molecule has 1 N–H and O–H groups in total. The Labute approximate surface area is 85.5 Å². The number of nitrogens with zero attached hydrogens (tertiary/aromatic N) is 2. The molecule has 0 aliphatic heterocycles. The zero-order valence-corrected chi connectivity index (χ0v) is 9.08. The lowest BCUT2D eigenvalue weighted by molar-refractivity contribution is 0.498. The third kappa shape index (κ3) is 2.35. The van der Waals surface area contributed by atoms with Crippen molar-refractivity contribution in [3.63, 3.8) is 0 Å². The van der Waals surface area contributed by atoms with E-state index >= 15 is 0 Å². The topological polar surface area (TPSA) is 29.9 Å². The third-order valence-corrected chi connectivity index (χ3v) is 3.14. The Morgan fingerprint density at radius 3 is 2.93 bits per heavy atom. The van der Waals surface area contributed by atoms with Crippen LogP contribution in [0.1, 0.15) is 25.5 Å². The van der Waals surface area contributed by atoms with Crippen molar-refractivity contribution in [2.45, 2.75) is 26.2 Å². The summed E-state index contributed by atoms with van der Waals surface area (Å²) in [6.07, 6.45) is 5.72. The minimum Gasteiger partial charge on any atom is -0.316 e. The minimum absolute atomic E-state index is 0.618. The predicted octanol–water partition coefficient (Wildman–Crippen LogP) is 1.35. The number of aromatic nitrogens is 2. The number of hydrogen-bond donors (Lipinski definition) is 1. The Kier molecular flexibility index (Phi) is 2.59. The summed E-state index contributed by atoms with van der Waals surface area (Å²) in [5, 5.41) is 7.66. The second kappa shape index (κ2) is 3.73. The molecule has 1 aliphatic rings. The summed E-state index contributed by atoms with van der Waals surface area (Å²) in [5.41, 5.74) is 1.92. The van der Waals surface area contributed by atoms with E-state index in [1.54, 1.807) is 0 Å². The highest BCUT2D eigenvalue weighted by Gasteiger charge is 2.36. The predicted molar refractivity (Wildman–Crippen MR) is 57.1 cm³/mol. The van der Waals surface area contributed by atoms with Gasteiger partial charge in [0.1, 0.15) is 0 Å². The molecule has 2 rings (SSSR count). The molecular formula is C11H19N3. The van der Waals surface area contributed by atoms with Crippen LogP contribution in [0.5, 0.6) is 0 Å². The highest BCUT2D eigenvalue weighted by Crippen LogP contribution is 2.43. The van der Waals surface area contributed by atoms with Gasteiger partial charge in [-0.1, -0.05) is 6.92 Å². The van der Waals surface area contributed by atoms with Gasteiger partial charge in [0, 0.05) is 38.4 Å². The average molecular weight is 193 g/mol. The van der Waals surface area contributed by atoms with E-state index in [1.807, 2.05) is 17.9 Å². The molecule has 1 aromatic rings. The monoisotopic (exact) mass is 193 g/mol. The molecule has 0 spiro atoms. The second-order valence-corrected chi connectivity index (χ2v) is 4.68. The summed E-state index contributed by atoms with van der Waals surface area (Å²) in [5.74, 6) is 0. The first-order chi connectivity index (χ1) is 6.70. The lowest BCUT2D eigenvalue weighted by Crippen LogP contribution is -2.24. The van der Waals surface area contributed by atoms with E-state index in [1.165, 1.54) is 25.1 Å². The van der Waals surface area contributed by atoms with Crippen LogP contribution in [0.2, 0.25) is 0 Å². The Hall–Kier alpha value is -0.830. The van der Waals surface area contributed by atoms with Crippen molar-refractivity contribution in [1.82, 2.24) is 15.1 Å². The van der Waals surface area contributed by atoms with E-state index in [0.29, 0.717) is 5.41 Å². The van der Waals surface area contributed by atoms with E-state index in [4.69, 9.17) is 0 Å². The van der Waals surface area contributed by atoms with Crippen LogP contribution in [0.4, 0.5) is 0 Å². The standard InChI is InChI=1S/C11H19N3/c1-11(5-6-11)9-12-7-3-10-4-8-13-14(10)2/h4,8,12H,3,5-7,9H2,1-2H3. The quantitative estimate of drug-likeness (QED) is 0.715. The lowest BCUT2D eigenvalue weighted by Gasteiger charge is -2.09. The number of rotatable bonds is 5. The fourth-order valence-corrected chi connectivity index (χ4v) is 1.64. The van der Waals surface area contributed by atoms with Crippen LogP contribution in [-0.2, 0) is 13.5 Å². The number of aryl methyl sites for hydroxylation is 1. The fourth-order valence-electron chi connectivity index (χ4n) is 1.64. The van der Waals surface area contributed by atoms with E-state index < -0.39 is 0 Å². The molecule has 78 valence electrons. The van der Waals surface area contributed by atoms with E-state index in [2.05, 4.69) is 23.4 Å². The summed E-state index contributed by atoms with van der Waals surface area (Å²) in [7, 11) is 2.00. The minimum atomic E-state index is 0.618. The van der Waals surface area contributed by atoms with Gasteiger partial charge in [0.05, 0.1) is 0 Å². The first kappa shape index (κ1) is 9.71. The van der Waals surface area contributed by atoms with Crippen LogP contribution in [-0.4, -0.2) is 22.9 Å². The van der Waals surface area contributed by atoms with E-state index in [9.17, 15) is 0 Å². The number of hydrogen-bond acceptors (Lipinski definition) is 2. The second-order valence-electron chi connectivity index (χ2n) is 4.68. The van der Waals surface area contributed by atoms with Crippen molar-refractivity contribution in [3.8, 4) is 0 Å². The third-order valence-electron chi connectivity index (χ3n) is 3.14. The molecule has 1 fully saturated rings. The molecule has 3 heteroatoms. The summed E-state index contributed by atoms with van der Waals surface area (Å²) in [6, 6.07) is 2.08. The van der Waals surface area contributed by atoms with Gasteiger partial charge in [-0.15, -0.1) is 0 Å². The van der Waals surface area contributed by atoms with Crippen molar-refractivity contribution in [2.24, 2.45) is 12.5 Å². The van der Waals surface area contributed by atoms with Gasteiger partial charge in [0.15, 0.2) is 0 Å². The van der Waals surface area contributed by atoms with Crippen molar-refractivity contribution in [2.75, 3.05) is 13.1 Å². The molecular weight excluding hydrogens is 174 g/mol. The first-order valence-electron chi connectivity index (χ1n) is 5.37. The smallest absolute Gasteiger partial charge is 0.0492 e. The van der Waals surface area contributed by atoms with Gasteiger partial charge in [0.2, 0.25) is 0 Å². The van der Waals surface area contributed by atoms with Crippen LogP contribution >= 0.6 is 0 Å². The van der Waals surface area contributed by atoms with Crippen LogP contribution in [0.3, 0.4) is 0 Å². The van der Waals surface area contributed by atoms with Crippen LogP contribution in [0, 0.1) is 5.41 Å². The van der Waals surface area contributed by atoms with Gasteiger partial charge >= 0.3 is 0 Å². The van der Waals surface area contributed by atoms with Crippen LogP contribution in [0.15, 0.2) is 12.3 Å². The van der Waals surface area contributed by atoms with Crippen molar-refractivity contribution in [3.05, 3.63) is 18.0 Å². The molecule has 1 saturated carbocycles. The highest BCUT2D eigenvalue weighted by atomic mass is 15.3. The number of nitrogens with one attached hydrogen (secondary N) is 1. The molecule has 0 radical (unpaired) electrons. The van der Waals surface area contributed by atoms with Gasteiger partial charge in [0.25, 0.3) is 0 Å². The zero-order chi connectivity index (χ0) is 10.0. The van der Waals surface area contributed by atoms with Crippen molar-refractivity contribution >= 4 is 0 Å². The Morgan fingerprint density at radius 2 is 2.36 bits per heavy atom. The highest BCUT2D eigenvalue weighted by molar-refractivity contribution is 5.00. The summed E-state index contributed by atoms with van der Waals surface area (Å²) in [4.78, 5) is 0. The van der Waals surface area contributed by atoms with Crippen molar-refractivity contribution in [1.29, 1.82) is 0 Å². The van der Waals surface area contributed by atoms with E-state index in [0.717, 1.165) is 13.0 Å². The molecule has 0 atom stereocenters. The van der Waals surface area contributed by atoms with Crippen LogP contribution < -0.4 is 5.32 Å². The van der Waals surface area contributed by atoms with Gasteiger partial charge < -0.3 is 5.32 Å². The molecule has 3 nitrogen and oxygen atoms in total. The van der Waals surface area contributed by atoms with Gasteiger partial charge in [-0.25, -0.2) is 0 Å². The average Bonchev–Trinajstić information content (AvgIpc) is 2.74. The summed E-state index contributed by atoms with van der Waals surface area (Å²) < 4.78 is 1.94. The SMILES string of the molecule is Cn1nccc1CCNCC1(C)CC1. The molecule has 1 aliphatic carbocycles. The van der Waals surface area contributed by atoms with Gasteiger partial charge in [-0.05, 0) is 24.3 Å². The largest absolute Gasteiger partial charge is 0.316 e. The molecule has 1 heterocycles. The normalized spacial score (nSPS) is 18.4. The molecule has 0 saturated heterocycles. The van der Waals surface area contributed by atoms with Gasteiger partial charge in [-0.2, -0.15) is 5.10 Å². The molecule has 0 amide bonds. The fraction of sp³-hybridized carbons (Fsp3) is 0.727. The molecule has 1 aromatic heterocycles. The Bertz CT molecular complexity index is 299.